The summed E-state index contributed by atoms with van der Waals surface area (Å²) in [6, 6.07) is 24.5. The lowest BCUT2D eigenvalue weighted by molar-refractivity contribution is -0.137. The number of anilines is 2. The van der Waals surface area contributed by atoms with Gasteiger partial charge < -0.3 is 30.0 Å². The molecule has 9 heteroatoms. The van der Waals surface area contributed by atoms with Crippen molar-refractivity contribution in [3.63, 3.8) is 0 Å². The number of benzene rings is 4. The third-order valence-corrected chi connectivity index (χ3v) is 6.71. The van der Waals surface area contributed by atoms with E-state index in [0.717, 1.165) is 47.5 Å². The van der Waals surface area contributed by atoms with Crippen LogP contribution in [0.15, 0.2) is 84.9 Å². The molecule has 0 radical (unpaired) electrons. The molecule has 4 aromatic carbocycles. The van der Waals surface area contributed by atoms with Gasteiger partial charge in [0.2, 0.25) is 0 Å². The summed E-state index contributed by atoms with van der Waals surface area (Å²) in [5, 5.41) is 15.7. The molecule has 0 saturated heterocycles. The lowest BCUT2D eigenvalue weighted by Gasteiger charge is -2.17. The number of rotatable bonds is 14. The predicted molar refractivity (Wildman–Crippen MR) is 158 cm³/mol. The number of alkyl halides is 3. The Morgan fingerprint density at radius 1 is 0.714 bits per heavy atom. The molecular weight excluding hydrogens is 545 g/mol. The summed E-state index contributed by atoms with van der Waals surface area (Å²) in [6.45, 7) is 1.19. The Morgan fingerprint density at radius 2 is 1.26 bits per heavy atom. The summed E-state index contributed by atoms with van der Waals surface area (Å²) in [5.41, 5.74) is 4.03. The maximum atomic E-state index is 12.8. The molecule has 4 aromatic rings. The van der Waals surface area contributed by atoms with Crippen molar-refractivity contribution in [3.8, 4) is 23.0 Å². The van der Waals surface area contributed by atoms with Gasteiger partial charge in [-0.1, -0.05) is 24.3 Å². The van der Waals surface area contributed by atoms with E-state index >= 15 is 0 Å². The summed E-state index contributed by atoms with van der Waals surface area (Å²) < 4.78 is 55.7. The number of aliphatic hydroxyl groups is 1. The number of aliphatic hydroxyl groups excluding tert-OH is 1. The zero-order chi connectivity index (χ0) is 30.0. The van der Waals surface area contributed by atoms with Crippen LogP contribution in [0.3, 0.4) is 0 Å². The monoisotopic (exact) mass is 580 g/mol. The van der Waals surface area contributed by atoms with E-state index < -0.39 is 11.7 Å². The second-order valence-corrected chi connectivity index (χ2v) is 9.70. The largest absolute Gasteiger partial charge is 0.496 e. The van der Waals surface area contributed by atoms with Crippen LogP contribution in [0, 0.1) is 0 Å². The number of halogens is 3. The van der Waals surface area contributed by atoms with E-state index in [1.54, 1.807) is 26.4 Å². The Morgan fingerprint density at radius 3 is 1.81 bits per heavy atom. The van der Waals surface area contributed by atoms with Crippen LogP contribution in [-0.2, 0) is 25.6 Å². The molecule has 0 amide bonds. The number of hydrogen-bond donors (Lipinski definition) is 3. The molecule has 0 spiro atoms. The van der Waals surface area contributed by atoms with Gasteiger partial charge in [-0.05, 0) is 85.5 Å². The Kier molecular flexibility index (Phi) is 10.7. The standard InChI is InChI=1S/C33H35F3N2O4/c1-40-31-20-29(42-28-15-13-27(14-16-28)38-26-11-7-23(8-12-26)4-3-19-39)21-32(41-2)30(31)22-37-18-17-24-5-9-25(10-6-24)33(34,35)36/h5-16,20-21,37-39H,3-4,17-19,22H2,1-2H3. The van der Waals surface area contributed by atoms with Crippen molar-refractivity contribution in [3.05, 3.63) is 107 Å². The molecule has 42 heavy (non-hydrogen) atoms. The Hall–Kier alpha value is -4.21. The topological polar surface area (TPSA) is 72.0 Å². The maximum absolute atomic E-state index is 12.8. The van der Waals surface area contributed by atoms with Gasteiger partial charge in [0.1, 0.15) is 23.0 Å². The van der Waals surface area contributed by atoms with Crippen molar-refractivity contribution in [1.82, 2.24) is 5.32 Å². The van der Waals surface area contributed by atoms with E-state index in [1.807, 2.05) is 36.4 Å². The van der Waals surface area contributed by atoms with Crippen LogP contribution in [0.2, 0.25) is 0 Å². The Labute approximate surface area is 244 Å². The molecule has 0 atom stereocenters. The SMILES string of the molecule is COc1cc(Oc2ccc(Nc3ccc(CCCO)cc3)cc2)cc(OC)c1CNCCc1ccc(C(F)(F)F)cc1. The highest BCUT2D eigenvalue weighted by atomic mass is 19.4. The van der Waals surface area contributed by atoms with Crippen molar-refractivity contribution in [2.24, 2.45) is 0 Å². The minimum absolute atomic E-state index is 0.187. The highest BCUT2D eigenvalue weighted by Gasteiger charge is 2.29. The van der Waals surface area contributed by atoms with Gasteiger partial charge in [-0.3, -0.25) is 0 Å². The molecule has 0 aliphatic carbocycles. The molecule has 0 saturated carbocycles. The van der Waals surface area contributed by atoms with Gasteiger partial charge in [0, 0.05) is 36.7 Å². The lowest BCUT2D eigenvalue weighted by Crippen LogP contribution is -2.18. The fourth-order valence-corrected chi connectivity index (χ4v) is 4.45. The average Bonchev–Trinajstić information content (AvgIpc) is 2.99. The van der Waals surface area contributed by atoms with Crippen LogP contribution >= 0.6 is 0 Å². The normalized spacial score (nSPS) is 11.3. The third-order valence-electron chi connectivity index (χ3n) is 6.71. The molecule has 0 aliphatic rings. The zero-order valence-corrected chi connectivity index (χ0v) is 23.6. The smallest absolute Gasteiger partial charge is 0.416 e. The molecule has 0 bridgehead atoms. The summed E-state index contributed by atoms with van der Waals surface area (Å²) in [5.74, 6) is 2.38. The van der Waals surface area contributed by atoms with Crippen molar-refractivity contribution in [2.45, 2.75) is 32.0 Å². The highest BCUT2D eigenvalue weighted by molar-refractivity contribution is 5.61. The first-order chi connectivity index (χ1) is 20.3. The molecular formula is C33H35F3N2O4. The van der Waals surface area contributed by atoms with E-state index in [4.69, 9.17) is 19.3 Å². The molecule has 3 N–H and O–H groups in total. The van der Waals surface area contributed by atoms with Crippen molar-refractivity contribution in [2.75, 3.05) is 32.7 Å². The first-order valence-corrected chi connectivity index (χ1v) is 13.7. The summed E-state index contributed by atoms with van der Waals surface area (Å²) in [4.78, 5) is 0. The van der Waals surface area contributed by atoms with Crippen molar-refractivity contribution >= 4 is 11.4 Å². The van der Waals surface area contributed by atoms with Gasteiger partial charge >= 0.3 is 6.18 Å². The summed E-state index contributed by atoms with van der Waals surface area (Å²) in [7, 11) is 3.15. The quantitative estimate of drug-likeness (QED) is 0.134. The highest BCUT2D eigenvalue weighted by Crippen LogP contribution is 2.36. The van der Waals surface area contributed by atoms with Gasteiger partial charge in [-0.15, -0.1) is 0 Å². The summed E-state index contributed by atoms with van der Waals surface area (Å²) >= 11 is 0. The van der Waals surface area contributed by atoms with Gasteiger partial charge in [0.15, 0.2) is 0 Å². The first kappa shape index (κ1) is 30.7. The first-order valence-electron chi connectivity index (χ1n) is 13.7. The van der Waals surface area contributed by atoms with Crippen LogP contribution in [0.25, 0.3) is 0 Å². The third kappa shape index (κ3) is 8.64. The fourth-order valence-electron chi connectivity index (χ4n) is 4.45. The minimum Gasteiger partial charge on any atom is -0.496 e. The van der Waals surface area contributed by atoms with E-state index in [1.165, 1.54) is 17.7 Å². The second-order valence-electron chi connectivity index (χ2n) is 9.70. The van der Waals surface area contributed by atoms with Crippen molar-refractivity contribution < 1.29 is 32.5 Å². The van der Waals surface area contributed by atoms with E-state index in [2.05, 4.69) is 22.8 Å². The van der Waals surface area contributed by atoms with Gasteiger partial charge in [-0.25, -0.2) is 0 Å². The molecule has 6 nitrogen and oxygen atoms in total. The van der Waals surface area contributed by atoms with E-state index in [9.17, 15) is 13.2 Å². The lowest BCUT2D eigenvalue weighted by atomic mass is 10.1. The summed E-state index contributed by atoms with van der Waals surface area (Å²) in [6.07, 6.45) is -2.16. The van der Waals surface area contributed by atoms with Crippen LogP contribution in [0.1, 0.15) is 28.7 Å². The number of ether oxygens (including phenoxy) is 3. The molecule has 0 unspecified atom stereocenters. The predicted octanol–water partition coefficient (Wildman–Crippen LogP) is 7.52. The average molecular weight is 581 g/mol. The fraction of sp³-hybridized carbons (Fsp3) is 0.273. The van der Waals surface area contributed by atoms with Crippen LogP contribution in [-0.4, -0.2) is 32.5 Å². The number of nitrogens with one attached hydrogen (secondary N) is 2. The van der Waals surface area contributed by atoms with Gasteiger partial charge in [0.25, 0.3) is 0 Å². The van der Waals surface area contributed by atoms with Gasteiger partial charge in [0.05, 0.1) is 25.3 Å². The molecule has 0 fully saturated rings. The van der Waals surface area contributed by atoms with Crippen molar-refractivity contribution in [1.29, 1.82) is 0 Å². The van der Waals surface area contributed by atoms with Crippen LogP contribution < -0.4 is 24.8 Å². The Balaban J connectivity index is 1.34. The molecule has 222 valence electrons. The molecule has 4 rings (SSSR count). The second kappa shape index (κ2) is 14.6. The number of aryl methyl sites for hydroxylation is 1. The van der Waals surface area contributed by atoms with Gasteiger partial charge in [-0.2, -0.15) is 13.2 Å². The Bertz CT molecular complexity index is 1380. The zero-order valence-electron chi connectivity index (χ0n) is 23.6. The number of hydrogen-bond acceptors (Lipinski definition) is 6. The maximum Gasteiger partial charge on any atom is 0.416 e. The minimum atomic E-state index is -4.34. The molecule has 0 heterocycles. The van der Waals surface area contributed by atoms with Crippen LogP contribution in [0.4, 0.5) is 24.5 Å². The van der Waals surface area contributed by atoms with E-state index in [0.29, 0.717) is 42.5 Å². The molecule has 0 aromatic heterocycles. The van der Waals surface area contributed by atoms with E-state index in [-0.39, 0.29) is 6.61 Å². The van der Waals surface area contributed by atoms with Crippen LogP contribution in [0.5, 0.6) is 23.0 Å². The molecule has 0 aliphatic heterocycles. The number of methoxy groups -OCH3 is 2.